The zero-order valence-electron chi connectivity index (χ0n) is 10.4. The van der Waals surface area contributed by atoms with Gasteiger partial charge in [0, 0.05) is 0 Å². The molecule has 1 rings (SSSR count). The molecule has 16 heavy (non-hydrogen) atoms. The normalized spacial score (nSPS) is 14.5. The van der Waals surface area contributed by atoms with Crippen molar-refractivity contribution in [2.24, 2.45) is 5.92 Å². The van der Waals surface area contributed by atoms with E-state index in [-0.39, 0.29) is 0 Å². The van der Waals surface area contributed by atoms with E-state index in [9.17, 15) is 0 Å². The summed E-state index contributed by atoms with van der Waals surface area (Å²) >= 11 is 4.27. The van der Waals surface area contributed by atoms with E-state index in [1.807, 2.05) is 6.07 Å². The molecule has 0 spiro atoms. The van der Waals surface area contributed by atoms with Gasteiger partial charge in [0.1, 0.15) is 5.75 Å². The lowest BCUT2D eigenvalue weighted by Gasteiger charge is -2.17. The van der Waals surface area contributed by atoms with Crippen LogP contribution < -0.4 is 4.74 Å². The van der Waals surface area contributed by atoms with Gasteiger partial charge in [0.15, 0.2) is 0 Å². The molecule has 0 amide bonds. The van der Waals surface area contributed by atoms with Gasteiger partial charge >= 0.3 is 0 Å². The largest absolute Gasteiger partial charge is 0.493 e. The van der Waals surface area contributed by atoms with Gasteiger partial charge in [-0.2, -0.15) is 12.6 Å². The van der Waals surface area contributed by atoms with Crippen molar-refractivity contribution in [3.05, 3.63) is 29.8 Å². The van der Waals surface area contributed by atoms with Gasteiger partial charge in [0.05, 0.1) is 6.61 Å². The van der Waals surface area contributed by atoms with Gasteiger partial charge in [-0.25, -0.2) is 0 Å². The number of ether oxygens (including phenoxy) is 1. The number of benzene rings is 1. The van der Waals surface area contributed by atoms with Crippen LogP contribution in [0.3, 0.4) is 0 Å². The number of hydrogen-bond acceptors (Lipinski definition) is 2. The second-order valence-corrected chi connectivity index (χ2v) is 4.81. The lowest BCUT2D eigenvalue weighted by molar-refractivity contribution is 0.270. The minimum atomic E-state index is 0.494. The van der Waals surface area contributed by atoms with Crippen molar-refractivity contribution in [2.75, 3.05) is 12.4 Å². The number of thiol groups is 1. The summed E-state index contributed by atoms with van der Waals surface area (Å²) in [4.78, 5) is 0. The Hall–Kier alpha value is -0.630. The highest BCUT2D eigenvalue weighted by atomic mass is 32.1. The maximum Gasteiger partial charge on any atom is 0.122 e. The zero-order valence-corrected chi connectivity index (χ0v) is 11.3. The van der Waals surface area contributed by atoms with E-state index in [1.54, 1.807) is 0 Å². The number of hydrogen-bond donors (Lipinski definition) is 1. The number of para-hydroxylation sites is 1. The van der Waals surface area contributed by atoms with Crippen LogP contribution in [-0.2, 0) is 0 Å². The van der Waals surface area contributed by atoms with Gasteiger partial charge in [-0.15, -0.1) is 0 Å². The van der Waals surface area contributed by atoms with Crippen molar-refractivity contribution in [1.29, 1.82) is 0 Å². The van der Waals surface area contributed by atoms with Crippen LogP contribution in [0.25, 0.3) is 0 Å². The van der Waals surface area contributed by atoms with Crippen LogP contribution in [0.1, 0.15) is 38.7 Å². The molecule has 0 radical (unpaired) electrons. The Morgan fingerprint density at radius 2 is 1.94 bits per heavy atom. The molecule has 0 aliphatic heterocycles. The first-order chi connectivity index (χ1) is 7.69. The summed E-state index contributed by atoms with van der Waals surface area (Å²) in [6, 6.07) is 8.34. The molecule has 0 heterocycles. The van der Waals surface area contributed by atoms with Crippen LogP contribution in [0.5, 0.6) is 5.75 Å². The second-order valence-electron chi connectivity index (χ2n) is 4.45. The monoisotopic (exact) mass is 238 g/mol. The predicted octanol–water partition coefficient (Wildman–Crippen LogP) is 4.14. The molecule has 2 unspecified atom stereocenters. The predicted molar refractivity (Wildman–Crippen MR) is 73.7 cm³/mol. The molecule has 1 aromatic rings. The topological polar surface area (TPSA) is 9.23 Å². The van der Waals surface area contributed by atoms with E-state index in [0.717, 1.165) is 24.5 Å². The van der Waals surface area contributed by atoms with Gasteiger partial charge in [-0.1, -0.05) is 39.0 Å². The average molecular weight is 238 g/mol. The van der Waals surface area contributed by atoms with Gasteiger partial charge in [0.25, 0.3) is 0 Å². The fourth-order valence-corrected chi connectivity index (χ4v) is 1.63. The maximum absolute atomic E-state index is 5.86. The standard InChI is InChI=1S/C14H22OS/c1-4-12(3)13-7-5-6-8-14(13)15-9-11(2)10-16/h5-8,11-12,16H,4,9-10H2,1-3H3. The third kappa shape index (κ3) is 3.75. The summed E-state index contributed by atoms with van der Waals surface area (Å²) in [5.74, 6) is 2.95. The lowest BCUT2D eigenvalue weighted by atomic mass is 9.98. The van der Waals surface area contributed by atoms with E-state index in [1.165, 1.54) is 5.56 Å². The minimum absolute atomic E-state index is 0.494. The molecule has 0 aliphatic rings. The molecule has 0 aliphatic carbocycles. The Balaban J connectivity index is 2.71. The summed E-state index contributed by atoms with van der Waals surface area (Å²) in [5.41, 5.74) is 1.32. The third-order valence-corrected chi connectivity index (χ3v) is 3.52. The van der Waals surface area contributed by atoms with Gasteiger partial charge < -0.3 is 4.74 Å². The first-order valence-corrected chi connectivity index (χ1v) is 6.64. The van der Waals surface area contributed by atoms with E-state index in [4.69, 9.17) is 4.74 Å². The lowest BCUT2D eigenvalue weighted by Crippen LogP contribution is -2.11. The molecule has 0 bridgehead atoms. The summed E-state index contributed by atoms with van der Waals surface area (Å²) in [7, 11) is 0. The van der Waals surface area contributed by atoms with Crippen LogP contribution in [-0.4, -0.2) is 12.4 Å². The van der Waals surface area contributed by atoms with Crippen LogP contribution >= 0.6 is 12.6 Å². The SMILES string of the molecule is CCC(C)c1ccccc1OCC(C)CS. The second kappa shape index (κ2) is 6.85. The molecule has 0 aromatic heterocycles. The van der Waals surface area contributed by atoms with Crippen LogP contribution in [0, 0.1) is 5.92 Å². The highest BCUT2D eigenvalue weighted by molar-refractivity contribution is 7.80. The van der Waals surface area contributed by atoms with Crippen LogP contribution in [0.2, 0.25) is 0 Å². The Bertz CT molecular complexity index is 311. The summed E-state index contributed by atoms with van der Waals surface area (Å²) in [5, 5.41) is 0. The minimum Gasteiger partial charge on any atom is -0.493 e. The van der Waals surface area contributed by atoms with E-state index in [0.29, 0.717) is 11.8 Å². The van der Waals surface area contributed by atoms with E-state index >= 15 is 0 Å². The molecule has 1 aromatic carbocycles. The molecule has 0 fully saturated rings. The molecule has 90 valence electrons. The fourth-order valence-electron chi connectivity index (χ4n) is 1.52. The first kappa shape index (κ1) is 13.4. The fraction of sp³-hybridized carbons (Fsp3) is 0.571. The maximum atomic E-state index is 5.86. The van der Waals surface area contributed by atoms with Crippen molar-refractivity contribution in [2.45, 2.75) is 33.1 Å². The summed E-state index contributed by atoms with van der Waals surface area (Å²) in [6.07, 6.45) is 1.14. The van der Waals surface area contributed by atoms with Crippen molar-refractivity contribution in [3.63, 3.8) is 0 Å². The summed E-state index contributed by atoms with van der Waals surface area (Å²) < 4.78 is 5.86. The van der Waals surface area contributed by atoms with Crippen molar-refractivity contribution >= 4 is 12.6 Å². The van der Waals surface area contributed by atoms with Crippen molar-refractivity contribution < 1.29 is 4.74 Å². The molecule has 0 N–H and O–H groups in total. The Morgan fingerprint density at radius 3 is 2.56 bits per heavy atom. The quantitative estimate of drug-likeness (QED) is 0.733. The van der Waals surface area contributed by atoms with Crippen molar-refractivity contribution in [3.8, 4) is 5.75 Å². The molecule has 0 saturated carbocycles. The van der Waals surface area contributed by atoms with E-state index < -0.39 is 0 Å². The molecular formula is C14H22OS. The Kier molecular flexibility index (Phi) is 5.75. The van der Waals surface area contributed by atoms with Gasteiger partial charge in [-0.3, -0.25) is 0 Å². The molecule has 1 nitrogen and oxygen atoms in total. The number of rotatable bonds is 6. The smallest absolute Gasteiger partial charge is 0.122 e. The molecule has 0 saturated heterocycles. The Morgan fingerprint density at radius 1 is 1.25 bits per heavy atom. The van der Waals surface area contributed by atoms with Crippen LogP contribution in [0.15, 0.2) is 24.3 Å². The first-order valence-electron chi connectivity index (χ1n) is 6.01. The Labute approximate surface area is 105 Å². The zero-order chi connectivity index (χ0) is 12.0. The molecule has 2 atom stereocenters. The van der Waals surface area contributed by atoms with Gasteiger partial charge in [0.2, 0.25) is 0 Å². The highest BCUT2D eigenvalue weighted by Crippen LogP contribution is 2.28. The van der Waals surface area contributed by atoms with Gasteiger partial charge in [-0.05, 0) is 35.6 Å². The molecular weight excluding hydrogens is 216 g/mol. The van der Waals surface area contributed by atoms with Crippen LogP contribution in [0.4, 0.5) is 0 Å². The van der Waals surface area contributed by atoms with E-state index in [2.05, 4.69) is 51.6 Å². The average Bonchev–Trinajstić information content (AvgIpc) is 2.35. The summed E-state index contributed by atoms with van der Waals surface area (Å²) in [6.45, 7) is 7.35. The molecule has 2 heteroatoms. The highest BCUT2D eigenvalue weighted by Gasteiger charge is 2.10. The third-order valence-electron chi connectivity index (χ3n) is 2.90. The van der Waals surface area contributed by atoms with Crippen molar-refractivity contribution in [1.82, 2.24) is 0 Å².